The first kappa shape index (κ1) is 8.91. The highest BCUT2D eigenvalue weighted by atomic mass is 32.2. The van der Waals surface area contributed by atoms with Crippen molar-refractivity contribution in [3.05, 3.63) is 29.1 Å². The topological polar surface area (TPSA) is 26.0 Å². The maximum atomic E-state index is 5.87. The van der Waals surface area contributed by atoms with Crippen LogP contribution in [0.5, 0.6) is 0 Å². The van der Waals surface area contributed by atoms with E-state index in [1.54, 1.807) is 11.3 Å². The highest BCUT2D eigenvalue weighted by Crippen LogP contribution is 2.31. The number of thiophene rings is 1. The predicted molar refractivity (Wildman–Crippen MR) is 63.5 cm³/mol. The lowest BCUT2D eigenvalue weighted by Gasteiger charge is -1.92. The van der Waals surface area contributed by atoms with Gasteiger partial charge in [0.25, 0.3) is 0 Å². The summed E-state index contributed by atoms with van der Waals surface area (Å²) in [4.78, 5) is 1.40. The smallest absolute Gasteiger partial charge is 0.0575 e. The third kappa shape index (κ3) is 1.67. The second kappa shape index (κ2) is 3.60. The number of hydrogen-bond acceptors (Lipinski definition) is 3. The summed E-state index contributed by atoms with van der Waals surface area (Å²) >= 11 is 3.65. The van der Waals surface area contributed by atoms with Gasteiger partial charge in [0, 0.05) is 16.3 Å². The quantitative estimate of drug-likeness (QED) is 0.768. The molecule has 1 nitrogen and oxygen atoms in total. The predicted octanol–water partition coefficient (Wildman–Crippen LogP) is 3.35. The molecule has 68 valence electrons. The van der Waals surface area contributed by atoms with Crippen LogP contribution in [0.25, 0.3) is 10.1 Å². The number of rotatable bonds is 2. The summed E-state index contributed by atoms with van der Waals surface area (Å²) in [5.74, 6) is 1.08. The van der Waals surface area contributed by atoms with Crippen LogP contribution in [-0.2, 0) is 5.75 Å². The summed E-state index contributed by atoms with van der Waals surface area (Å²) in [5, 5.41) is 1.27. The minimum absolute atomic E-state index is 0.898. The Morgan fingerprint density at radius 3 is 3.00 bits per heavy atom. The molecule has 2 N–H and O–H groups in total. The fourth-order valence-electron chi connectivity index (χ4n) is 1.35. The van der Waals surface area contributed by atoms with E-state index in [4.69, 9.17) is 5.73 Å². The molecular weight excluding hydrogens is 198 g/mol. The van der Waals surface area contributed by atoms with Crippen LogP contribution in [0, 0.1) is 0 Å². The van der Waals surface area contributed by atoms with Gasteiger partial charge in [0.05, 0.1) is 4.70 Å². The zero-order valence-corrected chi connectivity index (χ0v) is 9.04. The Labute approximate surface area is 85.9 Å². The Morgan fingerprint density at radius 2 is 2.31 bits per heavy atom. The molecule has 0 atom stereocenters. The summed E-state index contributed by atoms with van der Waals surface area (Å²) in [6, 6.07) is 8.31. The number of nitrogen functional groups attached to an aromatic ring is 1. The van der Waals surface area contributed by atoms with Gasteiger partial charge in [-0.05, 0) is 23.8 Å². The number of thioether (sulfide) groups is 1. The van der Waals surface area contributed by atoms with Gasteiger partial charge in [0.2, 0.25) is 0 Å². The second-order valence-electron chi connectivity index (χ2n) is 2.91. The minimum atomic E-state index is 0.898. The zero-order valence-electron chi connectivity index (χ0n) is 7.41. The standard InChI is InChI=1S/C10H11NS2/c1-12-6-8-5-7-3-2-4-9(11)10(7)13-8/h2-5H,6,11H2,1H3. The number of nitrogens with two attached hydrogens (primary N) is 1. The summed E-state index contributed by atoms with van der Waals surface area (Å²) in [7, 11) is 0. The van der Waals surface area contributed by atoms with Gasteiger partial charge in [-0.3, -0.25) is 0 Å². The van der Waals surface area contributed by atoms with E-state index in [0.29, 0.717) is 0 Å². The highest BCUT2D eigenvalue weighted by Gasteiger charge is 2.02. The Hall–Kier alpha value is -0.670. The van der Waals surface area contributed by atoms with E-state index < -0.39 is 0 Å². The fraction of sp³-hybridized carbons (Fsp3) is 0.200. The largest absolute Gasteiger partial charge is 0.398 e. The molecule has 0 saturated heterocycles. The zero-order chi connectivity index (χ0) is 9.26. The van der Waals surface area contributed by atoms with E-state index in [1.807, 2.05) is 23.9 Å². The molecule has 0 spiro atoms. The molecule has 0 amide bonds. The summed E-state index contributed by atoms with van der Waals surface area (Å²) in [6.45, 7) is 0. The van der Waals surface area contributed by atoms with Crippen LogP contribution in [-0.4, -0.2) is 6.26 Å². The molecule has 0 saturated carbocycles. The first-order valence-electron chi connectivity index (χ1n) is 4.07. The molecule has 0 unspecified atom stereocenters. The minimum Gasteiger partial charge on any atom is -0.398 e. The molecule has 0 bridgehead atoms. The number of benzene rings is 1. The van der Waals surface area contributed by atoms with Gasteiger partial charge in [0.15, 0.2) is 0 Å². The van der Waals surface area contributed by atoms with Crippen molar-refractivity contribution in [3.8, 4) is 0 Å². The summed E-state index contributed by atoms with van der Waals surface area (Å²) in [5.41, 5.74) is 6.77. The average molecular weight is 209 g/mol. The van der Waals surface area contributed by atoms with Crippen LogP contribution in [0.2, 0.25) is 0 Å². The Kier molecular flexibility index (Phi) is 2.47. The molecule has 13 heavy (non-hydrogen) atoms. The van der Waals surface area contributed by atoms with E-state index in [2.05, 4.69) is 18.4 Å². The molecule has 2 aromatic rings. The van der Waals surface area contributed by atoms with Crippen LogP contribution in [0.15, 0.2) is 24.3 Å². The highest BCUT2D eigenvalue weighted by molar-refractivity contribution is 7.97. The van der Waals surface area contributed by atoms with Crippen molar-refractivity contribution in [1.82, 2.24) is 0 Å². The van der Waals surface area contributed by atoms with Crippen LogP contribution in [0.3, 0.4) is 0 Å². The Balaban J connectivity index is 2.55. The maximum absolute atomic E-state index is 5.87. The molecule has 1 aromatic heterocycles. The molecule has 3 heteroatoms. The van der Waals surface area contributed by atoms with E-state index >= 15 is 0 Å². The van der Waals surface area contributed by atoms with Crippen molar-refractivity contribution < 1.29 is 0 Å². The molecule has 0 aliphatic rings. The van der Waals surface area contributed by atoms with Crippen molar-refractivity contribution in [2.75, 3.05) is 12.0 Å². The van der Waals surface area contributed by atoms with E-state index in [-0.39, 0.29) is 0 Å². The Morgan fingerprint density at radius 1 is 1.46 bits per heavy atom. The van der Waals surface area contributed by atoms with Gasteiger partial charge >= 0.3 is 0 Å². The van der Waals surface area contributed by atoms with Gasteiger partial charge in [-0.1, -0.05) is 12.1 Å². The first-order valence-corrected chi connectivity index (χ1v) is 6.28. The summed E-state index contributed by atoms with van der Waals surface area (Å²) in [6.07, 6.45) is 2.12. The molecule has 0 aliphatic heterocycles. The van der Waals surface area contributed by atoms with Gasteiger partial charge in [-0.2, -0.15) is 11.8 Å². The second-order valence-corrected chi connectivity index (χ2v) is 4.91. The van der Waals surface area contributed by atoms with E-state index in [1.165, 1.54) is 15.0 Å². The van der Waals surface area contributed by atoms with Crippen LogP contribution < -0.4 is 5.73 Å². The molecule has 0 radical (unpaired) electrons. The average Bonchev–Trinajstić information content (AvgIpc) is 2.49. The number of anilines is 1. The lowest BCUT2D eigenvalue weighted by Crippen LogP contribution is -1.81. The third-order valence-electron chi connectivity index (χ3n) is 1.91. The fourth-order valence-corrected chi connectivity index (χ4v) is 3.19. The van der Waals surface area contributed by atoms with E-state index in [9.17, 15) is 0 Å². The van der Waals surface area contributed by atoms with Gasteiger partial charge in [-0.15, -0.1) is 11.3 Å². The van der Waals surface area contributed by atoms with Gasteiger partial charge < -0.3 is 5.73 Å². The summed E-state index contributed by atoms with van der Waals surface area (Å²) < 4.78 is 1.23. The monoisotopic (exact) mass is 209 g/mol. The van der Waals surface area contributed by atoms with Crippen molar-refractivity contribution in [1.29, 1.82) is 0 Å². The Bertz CT molecular complexity index is 420. The van der Waals surface area contributed by atoms with Crippen molar-refractivity contribution in [2.24, 2.45) is 0 Å². The van der Waals surface area contributed by atoms with Gasteiger partial charge in [0.1, 0.15) is 0 Å². The lowest BCUT2D eigenvalue weighted by atomic mass is 10.2. The molecular formula is C10H11NS2. The first-order chi connectivity index (χ1) is 6.31. The molecule has 0 aliphatic carbocycles. The van der Waals surface area contributed by atoms with Crippen molar-refractivity contribution >= 4 is 38.9 Å². The molecule has 1 heterocycles. The van der Waals surface area contributed by atoms with Crippen molar-refractivity contribution in [2.45, 2.75) is 5.75 Å². The van der Waals surface area contributed by atoms with Crippen molar-refractivity contribution in [3.63, 3.8) is 0 Å². The molecule has 2 rings (SSSR count). The van der Waals surface area contributed by atoms with Crippen LogP contribution in [0.4, 0.5) is 5.69 Å². The lowest BCUT2D eigenvalue weighted by molar-refractivity contribution is 1.56. The normalized spacial score (nSPS) is 10.8. The number of hydrogen-bond donors (Lipinski definition) is 1. The third-order valence-corrected chi connectivity index (χ3v) is 3.89. The molecule has 0 fully saturated rings. The molecule has 1 aromatic carbocycles. The van der Waals surface area contributed by atoms with E-state index in [0.717, 1.165) is 11.4 Å². The SMILES string of the molecule is CSCc1cc2cccc(N)c2s1. The van der Waals surface area contributed by atoms with Crippen LogP contribution in [0.1, 0.15) is 4.88 Å². The number of fused-ring (bicyclic) bond motifs is 1. The van der Waals surface area contributed by atoms with Gasteiger partial charge in [-0.25, -0.2) is 0 Å². The van der Waals surface area contributed by atoms with Crippen LogP contribution >= 0.6 is 23.1 Å². The maximum Gasteiger partial charge on any atom is 0.0575 e.